The number of carbonyl (C=O) groups is 1. The van der Waals surface area contributed by atoms with E-state index in [9.17, 15) is 13.2 Å². The van der Waals surface area contributed by atoms with Crippen LogP contribution in [0.4, 0.5) is 0 Å². The number of rotatable bonds is 5. The molecule has 0 bridgehead atoms. The molecule has 71 valence electrons. The van der Waals surface area contributed by atoms with E-state index in [0.29, 0.717) is 6.42 Å². The molecule has 0 heterocycles. The Bertz CT molecular complexity index is 262. The van der Waals surface area contributed by atoms with Gasteiger partial charge in [0.25, 0.3) is 16.0 Å². The molecule has 0 rings (SSSR count). The van der Waals surface area contributed by atoms with Crippen LogP contribution in [0.3, 0.4) is 0 Å². The molecule has 0 aromatic heterocycles. The number of hydrogen-bond donors (Lipinski definition) is 1. The van der Waals surface area contributed by atoms with Crippen LogP contribution in [0.5, 0.6) is 0 Å². The Kier molecular flexibility index (Phi) is 9.01. The van der Waals surface area contributed by atoms with Gasteiger partial charge in [0.05, 0.1) is 5.75 Å². The van der Waals surface area contributed by atoms with Gasteiger partial charge in [0.1, 0.15) is 0 Å². The summed E-state index contributed by atoms with van der Waals surface area (Å²) in [6.45, 7) is 4.81. The van der Waals surface area contributed by atoms with Crippen molar-refractivity contribution in [2.75, 3.05) is 5.75 Å². The zero-order chi connectivity index (χ0) is 9.61. The van der Waals surface area contributed by atoms with Crippen molar-refractivity contribution in [3.05, 3.63) is 12.7 Å². The molecule has 1 N–H and O–H groups in total. The van der Waals surface area contributed by atoms with Crippen LogP contribution in [0.15, 0.2) is 12.7 Å². The third kappa shape index (κ3) is 8.45. The average Bonchev–Trinajstić information content (AvgIpc) is 2.00. The largest absolute Gasteiger partial charge is 0.287 e. The van der Waals surface area contributed by atoms with Gasteiger partial charge < -0.3 is 0 Å². The van der Waals surface area contributed by atoms with Crippen molar-refractivity contribution >= 4 is 45.6 Å². The minimum absolute atomic E-state index is 0. The van der Waals surface area contributed by atoms with Crippen LogP contribution in [0.1, 0.15) is 13.3 Å². The molecule has 0 unspecified atom stereocenters. The van der Waals surface area contributed by atoms with Crippen LogP contribution in [0.25, 0.3) is 0 Å². The standard InChI is InChI=1S/C6H11NO4S.Na/c1-3-5-12(9,10)11-7-6(8)4-2;/h4H,2-3,5H2,1H3,(H,7,8);. The predicted molar refractivity (Wildman–Crippen MR) is 49.3 cm³/mol. The molecule has 5 nitrogen and oxygen atoms in total. The Labute approximate surface area is 99.9 Å². The molecule has 0 atom stereocenters. The third-order valence-corrected chi connectivity index (χ3v) is 2.15. The maximum Gasteiger partial charge on any atom is 0.287 e. The molecular weight excluding hydrogens is 205 g/mol. The van der Waals surface area contributed by atoms with Gasteiger partial charge in [-0.3, -0.25) is 4.79 Å². The maximum absolute atomic E-state index is 10.8. The quantitative estimate of drug-likeness (QED) is 0.385. The first-order valence-corrected chi connectivity index (χ1v) is 4.93. The number of nitrogens with one attached hydrogen (secondary N) is 1. The van der Waals surface area contributed by atoms with Crippen molar-refractivity contribution in [3.8, 4) is 0 Å². The summed E-state index contributed by atoms with van der Waals surface area (Å²) in [6.07, 6.45) is 1.35. The van der Waals surface area contributed by atoms with Crippen LogP contribution in [-0.2, 0) is 19.2 Å². The van der Waals surface area contributed by atoms with Gasteiger partial charge in [-0.2, -0.15) is 8.42 Å². The van der Waals surface area contributed by atoms with Gasteiger partial charge in [-0.25, -0.2) is 5.48 Å². The smallest absolute Gasteiger partial charge is 0.268 e. The summed E-state index contributed by atoms with van der Waals surface area (Å²) in [7, 11) is -3.62. The molecule has 0 saturated heterocycles. The Hall–Kier alpha value is 0.120. The fraction of sp³-hybridized carbons (Fsp3) is 0.500. The van der Waals surface area contributed by atoms with Crippen LogP contribution in [0.2, 0.25) is 0 Å². The van der Waals surface area contributed by atoms with Crippen molar-refractivity contribution in [2.45, 2.75) is 13.3 Å². The summed E-state index contributed by atoms with van der Waals surface area (Å²) in [4.78, 5) is 10.4. The molecule has 1 radical (unpaired) electrons. The van der Waals surface area contributed by atoms with Crippen molar-refractivity contribution in [2.24, 2.45) is 0 Å². The summed E-state index contributed by atoms with van der Waals surface area (Å²) in [5.41, 5.74) is 1.71. The fourth-order valence-corrected chi connectivity index (χ4v) is 1.23. The van der Waals surface area contributed by atoms with E-state index in [1.807, 2.05) is 0 Å². The Balaban J connectivity index is 0. The molecule has 0 aliphatic carbocycles. The van der Waals surface area contributed by atoms with Crippen molar-refractivity contribution < 1.29 is 17.5 Å². The summed E-state index contributed by atoms with van der Waals surface area (Å²) in [6, 6.07) is 0. The number of carbonyl (C=O) groups excluding carboxylic acids is 1. The van der Waals surface area contributed by atoms with Gasteiger partial charge in [0.15, 0.2) is 0 Å². The SMILES string of the molecule is C=CC(=O)NOS(=O)(=O)CCC.[Na]. The van der Waals surface area contributed by atoms with Gasteiger partial charge in [-0.05, 0) is 12.5 Å². The summed E-state index contributed by atoms with van der Waals surface area (Å²) in [5, 5.41) is 0. The van der Waals surface area contributed by atoms with E-state index >= 15 is 0 Å². The second-order valence-corrected chi connectivity index (χ2v) is 3.71. The van der Waals surface area contributed by atoms with Crippen molar-refractivity contribution in [1.29, 1.82) is 0 Å². The van der Waals surface area contributed by atoms with E-state index in [2.05, 4.69) is 10.9 Å². The summed E-state index contributed by atoms with van der Waals surface area (Å²) < 4.78 is 25.7. The third-order valence-electron chi connectivity index (χ3n) is 0.909. The molecule has 7 heteroatoms. The summed E-state index contributed by atoms with van der Waals surface area (Å²) >= 11 is 0. The Morgan fingerprint density at radius 3 is 2.54 bits per heavy atom. The second kappa shape index (κ2) is 7.52. The maximum atomic E-state index is 10.8. The van der Waals surface area contributed by atoms with Gasteiger partial charge >= 0.3 is 0 Å². The van der Waals surface area contributed by atoms with Gasteiger partial charge in [-0.1, -0.05) is 13.5 Å². The van der Waals surface area contributed by atoms with Crippen LogP contribution in [0, 0.1) is 0 Å². The predicted octanol–water partition coefficient (Wildman–Crippen LogP) is -0.421. The monoisotopic (exact) mass is 216 g/mol. The Morgan fingerprint density at radius 1 is 1.62 bits per heavy atom. The van der Waals surface area contributed by atoms with Crippen LogP contribution < -0.4 is 5.48 Å². The van der Waals surface area contributed by atoms with Gasteiger partial charge in [0.2, 0.25) is 0 Å². The van der Waals surface area contributed by atoms with Gasteiger partial charge in [-0.15, -0.1) is 4.28 Å². The molecule has 13 heavy (non-hydrogen) atoms. The van der Waals surface area contributed by atoms with Crippen LogP contribution >= 0.6 is 0 Å². The molecule has 0 spiro atoms. The topological polar surface area (TPSA) is 72.5 Å². The van der Waals surface area contributed by atoms with Crippen molar-refractivity contribution in [3.63, 3.8) is 0 Å². The molecule has 0 saturated carbocycles. The van der Waals surface area contributed by atoms with E-state index in [0.717, 1.165) is 6.08 Å². The van der Waals surface area contributed by atoms with E-state index in [1.165, 1.54) is 0 Å². The molecule has 0 aliphatic heterocycles. The van der Waals surface area contributed by atoms with Crippen molar-refractivity contribution in [1.82, 2.24) is 5.48 Å². The number of hydroxylamine groups is 1. The minimum Gasteiger partial charge on any atom is -0.268 e. The molecular formula is C6H11NNaO4S. The van der Waals surface area contributed by atoms with E-state index in [1.54, 1.807) is 12.4 Å². The van der Waals surface area contributed by atoms with Crippen LogP contribution in [-0.4, -0.2) is 49.6 Å². The number of amides is 1. The first-order valence-electron chi connectivity index (χ1n) is 3.35. The Morgan fingerprint density at radius 2 is 2.15 bits per heavy atom. The van der Waals surface area contributed by atoms with E-state index in [4.69, 9.17) is 0 Å². The molecule has 1 amide bonds. The average molecular weight is 216 g/mol. The molecule has 0 aromatic rings. The molecule has 0 aliphatic rings. The van der Waals surface area contributed by atoms with E-state index in [-0.39, 0.29) is 35.3 Å². The summed E-state index contributed by atoms with van der Waals surface area (Å²) in [5.74, 6) is -0.806. The zero-order valence-corrected chi connectivity index (χ0v) is 10.6. The normalized spacial score (nSPS) is 9.92. The first kappa shape index (κ1) is 15.6. The fourth-order valence-electron chi connectivity index (χ4n) is 0.438. The number of hydrogen-bond acceptors (Lipinski definition) is 4. The first-order chi connectivity index (χ1) is 5.52. The minimum atomic E-state index is -3.62. The molecule has 0 fully saturated rings. The van der Waals surface area contributed by atoms with Gasteiger partial charge in [0, 0.05) is 29.6 Å². The van der Waals surface area contributed by atoms with E-state index < -0.39 is 16.0 Å². The molecule has 0 aromatic carbocycles. The second-order valence-electron chi connectivity index (χ2n) is 2.02. The zero-order valence-electron chi connectivity index (χ0n) is 7.74.